The number of anilines is 1. The van der Waals surface area contributed by atoms with Gasteiger partial charge in [-0.2, -0.15) is 0 Å². The van der Waals surface area contributed by atoms with Crippen molar-refractivity contribution in [2.75, 3.05) is 17.9 Å². The minimum absolute atomic E-state index is 0.124. The summed E-state index contributed by atoms with van der Waals surface area (Å²) >= 11 is 1.27. The first-order valence-electron chi connectivity index (χ1n) is 9.56. The van der Waals surface area contributed by atoms with E-state index in [0.717, 1.165) is 11.1 Å². The van der Waals surface area contributed by atoms with Gasteiger partial charge in [0.05, 0.1) is 5.75 Å². The number of rotatable bonds is 7. The van der Waals surface area contributed by atoms with Crippen LogP contribution in [0.1, 0.15) is 21.5 Å². The fraction of sp³-hybridized carbons (Fsp3) is 0.182. The zero-order valence-electron chi connectivity index (χ0n) is 16.8. The lowest BCUT2D eigenvalue weighted by Crippen LogP contribution is -2.24. The highest BCUT2D eigenvalue weighted by atomic mass is 32.2. The van der Waals surface area contributed by atoms with Gasteiger partial charge in [-0.05, 0) is 48.9 Å². The molecule has 31 heavy (non-hydrogen) atoms. The fourth-order valence-electron chi connectivity index (χ4n) is 2.80. The Morgan fingerprint density at radius 3 is 2.58 bits per heavy atom. The van der Waals surface area contributed by atoms with Gasteiger partial charge in [-0.25, -0.2) is 0 Å². The number of nitrogens with zero attached hydrogens (tertiary/aromatic N) is 2. The number of aromatic nitrogens is 2. The molecule has 158 valence electrons. The van der Waals surface area contributed by atoms with Gasteiger partial charge in [0.25, 0.3) is 5.91 Å². The third kappa shape index (κ3) is 5.52. The lowest BCUT2D eigenvalue weighted by atomic mass is 10.1. The van der Waals surface area contributed by atoms with Crippen LogP contribution in [0.5, 0.6) is 11.5 Å². The van der Waals surface area contributed by atoms with Crippen LogP contribution < -0.4 is 20.1 Å². The van der Waals surface area contributed by atoms with Crippen LogP contribution in [0.25, 0.3) is 0 Å². The fourth-order valence-corrected chi connectivity index (χ4v) is 3.44. The molecule has 0 radical (unpaired) electrons. The molecule has 1 aliphatic heterocycles. The molecule has 9 heteroatoms. The molecule has 0 bridgehead atoms. The molecule has 0 saturated heterocycles. The molecule has 2 amide bonds. The van der Waals surface area contributed by atoms with Crippen molar-refractivity contribution in [1.29, 1.82) is 0 Å². The maximum Gasteiger partial charge on any atom is 0.256 e. The van der Waals surface area contributed by atoms with E-state index in [2.05, 4.69) is 20.8 Å². The summed E-state index contributed by atoms with van der Waals surface area (Å²) in [7, 11) is 0. The predicted molar refractivity (Wildman–Crippen MR) is 116 cm³/mol. The summed E-state index contributed by atoms with van der Waals surface area (Å²) in [6, 6.07) is 16.2. The number of hydrogen-bond donors (Lipinski definition) is 2. The molecule has 2 N–H and O–H groups in total. The van der Waals surface area contributed by atoms with Crippen molar-refractivity contribution in [3.05, 3.63) is 71.3 Å². The van der Waals surface area contributed by atoms with Gasteiger partial charge in [-0.1, -0.05) is 35.5 Å². The van der Waals surface area contributed by atoms with Crippen molar-refractivity contribution < 1.29 is 19.1 Å². The highest BCUT2D eigenvalue weighted by molar-refractivity contribution is 7.99. The molecule has 8 nitrogen and oxygen atoms in total. The van der Waals surface area contributed by atoms with Gasteiger partial charge < -0.3 is 20.1 Å². The van der Waals surface area contributed by atoms with Crippen LogP contribution in [0.3, 0.4) is 0 Å². The largest absolute Gasteiger partial charge is 0.454 e. The normalized spacial score (nSPS) is 11.8. The molecule has 4 rings (SSSR count). The van der Waals surface area contributed by atoms with Gasteiger partial charge >= 0.3 is 0 Å². The van der Waals surface area contributed by atoms with E-state index in [4.69, 9.17) is 9.47 Å². The Morgan fingerprint density at radius 2 is 1.81 bits per heavy atom. The molecule has 1 aromatic heterocycles. The minimum Gasteiger partial charge on any atom is -0.454 e. The summed E-state index contributed by atoms with van der Waals surface area (Å²) in [6.45, 7) is 2.57. The third-order valence-corrected chi connectivity index (χ3v) is 5.39. The number of carbonyl (C=O) groups is 2. The molecule has 0 saturated carbocycles. The Bertz CT molecular complexity index is 1090. The molecule has 3 aromatic rings. The summed E-state index contributed by atoms with van der Waals surface area (Å²) in [6.07, 6.45) is 0. The number of hydrogen-bond acceptors (Lipinski definition) is 7. The van der Waals surface area contributed by atoms with Gasteiger partial charge in [-0.15, -0.1) is 10.2 Å². The first kappa shape index (κ1) is 20.7. The molecule has 2 heterocycles. The van der Waals surface area contributed by atoms with Crippen LogP contribution >= 0.6 is 11.8 Å². The Kier molecular flexibility index (Phi) is 6.32. The van der Waals surface area contributed by atoms with E-state index >= 15 is 0 Å². The summed E-state index contributed by atoms with van der Waals surface area (Å²) < 4.78 is 10.6. The number of carbonyl (C=O) groups excluding carboxylic acids is 2. The number of benzene rings is 2. The van der Waals surface area contributed by atoms with Crippen molar-refractivity contribution in [3.8, 4) is 11.5 Å². The zero-order chi connectivity index (χ0) is 21.6. The maximum absolute atomic E-state index is 12.2. The smallest absolute Gasteiger partial charge is 0.256 e. The SMILES string of the molecule is Cc1ccc(C(=O)Nc2ccc(SCC(=O)NCc3ccc4c(c3)OCO4)nn2)cc1. The van der Waals surface area contributed by atoms with Crippen LogP contribution in [0.4, 0.5) is 5.82 Å². The first-order valence-corrected chi connectivity index (χ1v) is 10.6. The topological polar surface area (TPSA) is 102 Å². The average molecular weight is 436 g/mol. The molecule has 0 fully saturated rings. The van der Waals surface area contributed by atoms with E-state index in [-0.39, 0.29) is 24.4 Å². The van der Waals surface area contributed by atoms with Gasteiger partial charge in [0, 0.05) is 12.1 Å². The van der Waals surface area contributed by atoms with Crippen LogP contribution in [0.2, 0.25) is 0 Å². The first-order chi connectivity index (χ1) is 15.1. The molecule has 0 unspecified atom stereocenters. The number of nitrogens with one attached hydrogen (secondary N) is 2. The van der Waals surface area contributed by atoms with Crippen LogP contribution in [-0.2, 0) is 11.3 Å². The number of fused-ring (bicyclic) bond motifs is 1. The Labute approximate surface area is 183 Å². The van der Waals surface area contributed by atoms with Crippen molar-refractivity contribution in [3.63, 3.8) is 0 Å². The van der Waals surface area contributed by atoms with Gasteiger partial charge in [0.15, 0.2) is 17.3 Å². The summed E-state index contributed by atoms with van der Waals surface area (Å²) in [4.78, 5) is 24.3. The molecular weight excluding hydrogens is 416 g/mol. The van der Waals surface area contributed by atoms with Crippen LogP contribution in [-0.4, -0.2) is 34.6 Å². The molecule has 1 aliphatic rings. The average Bonchev–Trinajstić information content (AvgIpc) is 3.25. The predicted octanol–water partition coefficient (Wildman–Crippen LogP) is 3.17. The molecular formula is C22H20N4O4S. The standard InChI is InChI=1S/C22H20N4O4S/c1-14-2-5-16(6-3-14)22(28)24-19-8-9-21(26-25-19)31-12-20(27)23-11-15-4-7-17-18(10-15)30-13-29-17/h2-10H,11-13H2,1H3,(H,23,27)(H,24,25,28). The van der Waals surface area contributed by atoms with Crippen LogP contribution in [0, 0.1) is 6.92 Å². The lowest BCUT2D eigenvalue weighted by molar-refractivity contribution is -0.118. The van der Waals surface area contributed by atoms with Crippen molar-refractivity contribution >= 4 is 29.4 Å². The summed E-state index contributed by atoms with van der Waals surface area (Å²) in [5, 5.41) is 14.2. The maximum atomic E-state index is 12.2. The van der Waals surface area contributed by atoms with E-state index in [9.17, 15) is 9.59 Å². The van der Waals surface area contributed by atoms with E-state index in [1.807, 2.05) is 37.3 Å². The van der Waals surface area contributed by atoms with E-state index in [0.29, 0.717) is 34.5 Å². The second-order valence-corrected chi connectivity index (χ2v) is 7.83. The second-order valence-electron chi connectivity index (χ2n) is 6.83. The number of aryl methyl sites for hydroxylation is 1. The summed E-state index contributed by atoms with van der Waals surface area (Å²) in [5.41, 5.74) is 2.55. The van der Waals surface area contributed by atoms with Crippen LogP contribution in [0.15, 0.2) is 59.6 Å². The molecule has 0 atom stereocenters. The quantitative estimate of drug-likeness (QED) is 0.549. The molecule has 0 spiro atoms. The Morgan fingerprint density at radius 1 is 1.00 bits per heavy atom. The van der Waals surface area contributed by atoms with Crippen molar-refractivity contribution in [1.82, 2.24) is 15.5 Å². The Balaban J connectivity index is 1.23. The number of ether oxygens (including phenoxy) is 2. The summed E-state index contributed by atoms with van der Waals surface area (Å²) in [5.74, 6) is 1.57. The lowest BCUT2D eigenvalue weighted by Gasteiger charge is -2.07. The number of amides is 2. The zero-order valence-corrected chi connectivity index (χ0v) is 17.6. The van der Waals surface area contributed by atoms with Gasteiger partial charge in [0.2, 0.25) is 12.7 Å². The third-order valence-electron chi connectivity index (χ3n) is 4.47. The van der Waals surface area contributed by atoms with Gasteiger partial charge in [-0.3, -0.25) is 9.59 Å². The van der Waals surface area contributed by atoms with E-state index in [1.165, 1.54) is 11.8 Å². The Hall–Kier alpha value is -3.59. The van der Waals surface area contributed by atoms with Crippen molar-refractivity contribution in [2.24, 2.45) is 0 Å². The molecule has 0 aliphatic carbocycles. The van der Waals surface area contributed by atoms with Crippen molar-refractivity contribution in [2.45, 2.75) is 18.5 Å². The second kappa shape index (κ2) is 9.48. The van der Waals surface area contributed by atoms with Gasteiger partial charge in [0.1, 0.15) is 5.03 Å². The number of thioether (sulfide) groups is 1. The monoisotopic (exact) mass is 436 g/mol. The van der Waals surface area contributed by atoms with E-state index in [1.54, 1.807) is 24.3 Å². The molecule has 2 aromatic carbocycles. The highest BCUT2D eigenvalue weighted by Crippen LogP contribution is 2.32. The highest BCUT2D eigenvalue weighted by Gasteiger charge is 2.13. The van der Waals surface area contributed by atoms with E-state index < -0.39 is 0 Å². The minimum atomic E-state index is -0.252.